The summed E-state index contributed by atoms with van der Waals surface area (Å²) in [7, 11) is 0. The van der Waals surface area contributed by atoms with Crippen molar-refractivity contribution in [2.45, 2.75) is 0 Å². The Labute approximate surface area is 91.5 Å². The van der Waals surface area contributed by atoms with Gasteiger partial charge < -0.3 is 5.73 Å². The maximum atomic E-state index is 11.2. The quantitative estimate of drug-likeness (QED) is 0.778. The van der Waals surface area contributed by atoms with Crippen molar-refractivity contribution in [1.82, 2.24) is 10.2 Å². The molecule has 0 fully saturated rings. The molecule has 1 aromatic carbocycles. The van der Waals surface area contributed by atoms with Crippen LogP contribution >= 0.6 is 0 Å². The lowest BCUT2D eigenvalue weighted by Crippen LogP contribution is -2.12. The van der Waals surface area contributed by atoms with Crippen molar-refractivity contribution < 1.29 is 4.79 Å². The molecule has 0 atom stereocenters. The molecule has 2 aromatic rings. The molecular formula is C11H8N4O. The zero-order valence-corrected chi connectivity index (χ0v) is 8.27. The lowest BCUT2D eigenvalue weighted by molar-refractivity contribution is 0.100. The number of rotatable bonds is 2. The molecule has 5 heteroatoms. The van der Waals surface area contributed by atoms with E-state index >= 15 is 0 Å². The van der Waals surface area contributed by atoms with Crippen LogP contribution in [0.4, 0.5) is 0 Å². The van der Waals surface area contributed by atoms with E-state index in [4.69, 9.17) is 11.0 Å². The summed E-state index contributed by atoms with van der Waals surface area (Å²) in [5, 5.41) is 15.3. The van der Waals surface area contributed by atoms with Crippen LogP contribution in [0.15, 0.2) is 30.5 Å². The number of benzene rings is 1. The number of aromatic amines is 1. The Kier molecular flexibility index (Phi) is 2.40. The maximum absolute atomic E-state index is 11.2. The fourth-order valence-electron chi connectivity index (χ4n) is 1.46. The molecule has 0 radical (unpaired) electrons. The monoisotopic (exact) mass is 212 g/mol. The second-order valence-corrected chi connectivity index (χ2v) is 3.21. The first-order valence-corrected chi connectivity index (χ1v) is 4.56. The fraction of sp³-hybridized carbons (Fsp3) is 0. The molecule has 0 bridgehead atoms. The molecule has 0 aliphatic heterocycles. The van der Waals surface area contributed by atoms with Gasteiger partial charge in [0.25, 0.3) is 0 Å². The molecular weight excluding hydrogens is 204 g/mol. The molecule has 78 valence electrons. The van der Waals surface area contributed by atoms with Crippen LogP contribution in [0.3, 0.4) is 0 Å². The lowest BCUT2D eigenvalue weighted by Gasteiger charge is -2.04. The average Bonchev–Trinajstić information content (AvgIpc) is 2.81. The number of nitrogens with two attached hydrogens (primary N) is 1. The molecule has 1 amide bonds. The van der Waals surface area contributed by atoms with E-state index in [-0.39, 0.29) is 0 Å². The molecule has 0 saturated heterocycles. The molecule has 0 aliphatic carbocycles. The van der Waals surface area contributed by atoms with Gasteiger partial charge in [0, 0.05) is 17.3 Å². The third-order valence-electron chi connectivity index (χ3n) is 2.21. The minimum Gasteiger partial charge on any atom is -0.366 e. The summed E-state index contributed by atoms with van der Waals surface area (Å²) in [6, 6.07) is 8.42. The van der Waals surface area contributed by atoms with Crippen molar-refractivity contribution in [3.05, 3.63) is 41.6 Å². The van der Waals surface area contributed by atoms with E-state index in [0.29, 0.717) is 22.4 Å². The summed E-state index contributed by atoms with van der Waals surface area (Å²) < 4.78 is 0. The summed E-state index contributed by atoms with van der Waals surface area (Å²) >= 11 is 0. The number of hydrogen-bond donors (Lipinski definition) is 2. The van der Waals surface area contributed by atoms with Crippen LogP contribution in [-0.2, 0) is 0 Å². The van der Waals surface area contributed by atoms with Crippen LogP contribution in [0.2, 0.25) is 0 Å². The van der Waals surface area contributed by atoms with E-state index < -0.39 is 5.91 Å². The summed E-state index contributed by atoms with van der Waals surface area (Å²) in [5.74, 6) is -0.533. The van der Waals surface area contributed by atoms with Crippen LogP contribution in [0, 0.1) is 11.3 Å². The molecule has 0 aliphatic rings. The molecule has 2 rings (SSSR count). The number of aromatic nitrogens is 2. The van der Waals surface area contributed by atoms with Crippen molar-refractivity contribution in [3.63, 3.8) is 0 Å². The van der Waals surface area contributed by atoms with Crippen LogP contribution in [0.25, 0.3) is 11.3 Å². The van der Waals surface area contributed by atoms with Crippen LogP contribution in [0.5, 0.6) is 0 Å². The predicted molar refractivity (Wildman–Crippen MR) is 57.3 cm³/mol. The van der Waals surface area contributed by atoms with Crippen molar-refractivity contribution in [1.29, 1.82) is 5.26 Å². The van der Waals surface area contributed by atoms with Crippen LogP contribution < -0.4 is 5.73 Å². The Morgan fingerprint density at radius 2 is 2.25 bits per heavy atom. The Morgan fingerprint density at radius 3 is 2.81 bits per heavy atom. The smallest absolute Gasteiger partial charge is 0.249 e. The van der Waals surface area contributed by atoms with E-state index in [1.807, 2.05) is 6.07 Å². The molecule has 0 unspecified atom stereocenters. The predicted octanol–water partition coefficient (Wildman–Crippen LogP) is 1.05. The average molecular weight is 212 g/mol. The molecule has 1 heterocycles. The second kappa shape index (κ2) is 3.87. The Balaban J connectivity index is 2.65. The van der Waals surface area contributed by atoms with E-state index in [1.165, 1.54) is 6.07 Å². The van der Waals surface area contributed by atoms with Gasteiger partial charge >= 0.3 is 0 Å². The van der Waals surface area contributed by atoms with Gasteiger partial charge in [0.15, 0.2) is 0 Å². The molecule has 0 saturated carbocycles. The van der Waals surface area contributed by atoms with Crippen LogP contribution in [-0.4, -0.2) is 16.1 Å². The maximum Gasteiger partial charge on any atom is 0.249 e. The fourth-order valence-corrected chi connectivity index (χ4v) is 1.46. The van der Waals surface area contributed by atoms with Gasteiger partial charge in [-0.3, -0.25) is 9.89 Å². The third kappa shape index (κ3) is 1.64. The number of nitriles is 1. The lowest BCUT2D eigenvalue weighted by atomic mass is 10.0. The number of carbonyl (C=O) groups is 1. The summed E-state index contributed by atoms with van der Waals surface area (Å²) in [4.78, 5) is 11.2. The largest absolute Gasteiger partial charge is 0.366 e. The third-order valence-corrected chi connectivity index (χ3v) is 2.21. The van der Waals surface area contributed by atoms with Gasteiger partial charge in [0.1, 0.15) is 0 Å². The molecule has 0 spiro atoms. The minimum atomic E-state index is -0.533. The number of nitrogens with zero attached hydrogens (tertiary/aromatic N) is 2. The topological polar surface area (TPSA) is 95.6 Å². The highest BCUT2D eigenvalue weighted by Gasteiger charge is 2.11. The summed E-state index contributed by atoms with van der Waals surface area (Å²) in [5.41, 5.74) is 7.33. The minimum absolute atomic E-state index is 0.364. The van der Waals surface area contributed by atoms with Crippen LogP contribution in [0.1, 0.15) is 15.9 Å². The van der Waals surface area contributed by atoms with Crippen molar-refractivity contribution in [2.24, 2.45) is 5.73 Å². The normalized spacial score (nSPS) is 9.69. The summed E-state index contributed by atoms with van der Waals surface area (Å²) in [6.07, 6.45) is 1.57. The van der Waals surface area contributed by atoms with E-state index in [0.717, 1.165) is 0 Å². The van der Waals surface area contributed by atoms with Crippen molar-refractivity contribution in [3.8, 4) is 17.3 Å². The van der Waals surface area contributed by atoms with Gasteiger partial charge in [-0.15, -0.1) is 0 Å². The Bertz CT molecular complexity index is 566. The molecule has 1 aromatic heterocycles. The van der Waals surface area contributed by atoms with Gasteiger partial charge in [-0.1, -0.05) is 0 Å². The molecule has 16 heavy (non-hydrogen) atoms. The Hall–Kier alpha value is -2.61. The zero-order chi connectivity index (χ0) is 11.5. The van der Waals surface area contributed by atoms with E-state index in [1.54, 1.807) is 24.4 Å². The zero-order valence-electron chi connectivity index (χ0n) is 8.27. The number of hydrogen-bond acceptors (Lipinski definition) is 3. The highest BCUT2D eigenvalue weighted by molar-refractivity contribution is 5.99. The number of nitrogens with one attached hydrogen (secondary N) is 1. The van der Waals surface area contributed by atoms with Gasteiger partial charge in [-0.25, -0.2) is 0 Å². The summed E-state index contributed by atoms with van der Waals surface area (Å²) in [6.45, 7) is 0. The highest BCUT2D eigenvalue weighted by Crippen LogP contribution is 2.22. The van der Waals surface area contributed by atoms with Gasteiger partial charge in [-0.2, -0.15) is 10.4 Å². The van der Waals surface area contributed by atoms with Gasteiger partial charge in [0.05, 0.1) is 17.3 Å². The number of carbonyl (C=O) groups excluding carboxylic acids is 1. The van der Waals surface area contributed by atoms with Gasteiger partial charge in [-0.05, 0) is 24.3 Å². The van der Waals surface area contributed by atoms with Crippen molar-refractivity contribution in [2.75, 3.05) is 0 Å². The number of amides is 1. The number of H-pyrrole nitrogens is 1. The number of primary amides is 1. The first-order chi connectivity index (χ1) is 7.72. The molecule has 5 nitrogen and oxygen atoms in total. The molecule has 3 N–H and O–H groups in total. The van der Waals surface area contributed by atoms with E-state index in [9.17, 15) is 4.79 Å². The van der Waals surface area contributed by atoms with Crippen molar-refractivity contribution >= 4 is 5.91 Å². The first-order valence-electron chi connectivity index (χ1n) is 4.56. The highest BCUT2D eigenvalue weighted by atomic mass is 16.1. The Morgan fingerprint density at radius 1 is 1.44 bits per heavy atom. The SMILES string of the molecule is N#Cc1ccc(C(N)=O)c(-c2ccn[nH]2)c1. The second-order valence-electron chi connectivity index (χ2n) is 3.21. The van der Waals surface area contributed by atoms with E-state index in [2.05, 4.69) is 10.2 Å². The first kappa shape index (κ1) is 9.93. The standard InChI is InChI=1S/C11H8N4O/c12-6-7-1-2-8(11(13)16)9(5-7)10-3-4-14-15-10/h1-5H,(H2,13,16)(H,14,15). The van der Waals surface area contributed by atoms with Gasteiger partial charge in [0.2, 0.25) is 5.91 Å².